The Balaban J connectivity index is 2.18. The van der Waals surface area contributed by atoms with Gasteiger partial charge in [-0.3, -0.25) is 14.2 Å². The van der Waals surface area contributed by atoms with Crippen LogP contribution in [0.1, 0.15) is 32.0 Å². The van der Waals surface area contributed by atoms with Crippen LogP contribution in [-0.4, -0.2) is 36.4 Å². The third-order valence-corrected chi connectivity index (χ3v) is 8.05. The molecule has 0 amide bonds. The van der Waals surface area contributed by atoms with Crippen molar-refractivity contribution in [3.05, 3.63) is 47.7 Å². The fraction of sp³-hybridized carbons (Fsp3) is 0.316. The van der Waals surface area contributed by atoms with Crippen LogP contribution in [-0.2, 0) is 15.1 Å². The van der Waals surface area contributed by atoms with E-state index in [-0.39, 0.29) is 17.3 Å². The molecule has 0 radical (unpaired) electrons. The number of pyridine rings is 2. The molecule has 8 heteroatoms. The van der Waals surface area contributed by atoms with E-state index in [9.17, 15) is 8.60 Å². The topological polar surface area (TPSA) is 105 Å². The van der Waals surface area contributed by atoms with Crippen molar-refractivity contribution < 1.29 is 8.60 Å². The number of aliphatic imine (C=N–C) groups is 1. The van der Waals surface area contributed by atoms with Gasteiger partial charge < -0.3 is 5.73 Å². The molecule has 3 heterocycles. The van der Waals surface area contributed by atoms with Gasteiger partial charge in [0.2, 0.25) is 0 Å². The van der Waals surface area contributed by atoms with Gasteiger partial charge in [0.15, 0.2) is 0 Å². The van der Waals surface area contributed by atoms with E-state index in [2.05, 4.69) is 20.8 Å². The second kappa shape index (κ2) is 6.13. The monoisotopic (exact) mass is 385 g/mol. The van der Waals surface area contributed by atoms with Crippen LogP contribution >= 0.6 is 0 Å². The maximum absolute atomic E-state index is 14.7. The lowest BCUT2D eigenvalue weighted by Crippen LogP contribution is -2.55. The first-order chi connectivity index (χ1) is 12.5. The summed E-state index contributed by atoms with van der Waals surface area (Å²) >= 11 is 0. The molecule has 2 aromatic heterocycles. The minimum atomic E-state index is -2.69. The third kappa shape index (κ3) is 3.08. The molecule has 2 atom stereocenters. The van der Waals surface area contributed by atoms with Crippen molar-refractivity contribution in [3.63, 3.8) is 0 Å². The molecule has 27 heavy (non-hydrogen) atoms. The second-order valence-electron chi connectivity index (χ2n) is 7.34. The lowest BCUT2D eigenvalue weighted by molar-refractivity contribution is 0.476. The molecule has 1 aliphatic rings. The van der Waals surface area contributed by atoms with Gasteiger partial charge in [-0.05, 0) is 54.4 Å². The Labute approximate surface area is 158 Å². The second-order valence-corrected chi connectivity index (χ2v) is 10.3. The molecule has 140 valence electrons. The molecule has 0 fully saturated rings. The number of nitriles is 1. The molecule has 2 aromatic rings. The molecule has 2 N–H and O–H groups in total. The molecule has 6 nitrogen and oxygen atoms in total. The van der Waals surface area contributed by atoms with E-state index in [1.54, 1.807) is 33.0 Å². The summed E-state index contributed by atoms with van der Waals surface area (Å²) < 4.78 is 26.9. The van der Waals surface area contributed by atoms with Gasteiger partial charge in [-0.2, -0.15) is 5.26 Å². The maximum Gasteiger partial charge on any atom is 0.147 e. The largest absolute Gasteiger partial charge is 0.386 e. The summed E-state index contributed by atoms with van der Waals surface area (Å²) in [5.74, 6) is 3.47. The Bertz CT molecular complexity index is 1100. The summed E-state index contributed by atoms with van der Waals surface area (Å²) in [5, 5.41) is 9.05. The average molecular weight is 385 g/mol. The molecule has 0 saturated heterocycles. The minimum Gasteiger partial charge on any atom is -0.386 e. The van der Waals surface area contributed by atoms with E-state index in [0.717, 1.165) is 0 Å². The quantitative estimate of drug-likeness (QED) is 0.798. The third-order valence-electron chi connectivity index (χ3n) is 4.95. The van der Waals surface area contributed by atoms with Crippen molar-refractivity contribution >= 4 is 21.2 Å². The average Bonchev–Trinajstić information content (AvgIpc) is 2.60. The fourth-order valence-electron chi connectivity index (χ4n) is 3.00. The maximum atomic E-state index is 14.7. The van der Waals surface area contributed by atoms with Gasteiger partial charge >= 0.3 is 0 Å². The summed E-state index contributed by atoms with van der Waals surface area (Å²) in [6, 6.07) is 6.40. The molecular formula is C19H20FN5OS. The summed E-state index contributed by atoms with van der Waals surface area (Å²) in [6.07, 6.45) is 2.97. The van der Waals surface area contributed by atoms with Crippen LogP contribution in [0.5, 0.6) is 0 Å². The van der Waals surface area contributed by atoms with Gasteiger partial charge in [-0.1, -0.05) is 0 Å². The number of nitrogens with zero attached hydrogens (tertiary/aromatic N) is 4. The highest BCUT2D eigenvalue weighted by Crippen LogP contribution is 2.37. The lowest BCUT2D eigenvalue weighted by atomic mass is 9.97. The molecule has 0 spiro atoms. The highest BCUT2D eigenvalue weighted by molar-refractivity contribution is 8.02. The summed E-state index contributed by atoms with van der Waals surface area (Å²) in [4.78, 5) is 12.9. The van der Waals surface area contributed by atoms with Crippen LogP contribution in [0.2, 0.25) is 0 Å². The number of halogens is 1. The van der Waals surface area contributed by atoms with Crippen molar-refractivity contribution in [1.82, 2.24) is 9.97 Å². The molecule has 1 unspecified atom stereocenters. The van der Waals surface area contributed by atoms with Gasteiger partial charge in [0.25, 0.3) is 0 Å². The molecule has 0 aliphatic carbocycles. The van der Waals surface area contributed by atoms with Crippen LogP contribution in [0.15, 0.2) is 35.6 Å². The molecule has 0 aromatic carbocycles. The Kier molecular flexibility index (Phi) is 4.31. The molecule has 0 bridgehead atoms. The predicted octanol–water partition coefficient (Wildman–Crippen LogP) is 2.24. The number of aromatic nitrogens is 2. The zero-order valence-electron chi connectivity index (χ0n) is 15.4. The molecule has 1 aliphatic heterocycles. The summed E-state index contributed by atoms with van der Waals surface area (Å²) in [6.45, 7) is 5.10. The van der Waals surface area contributed by atoms with Crippen LogP contribution < -0.4 is 5.73 Å². The van der Waals surface area contributed by atoms with Gasteiger partial charge in [-0.25, -0.2) is 9.37 Å². The van der Waals surface area contributed by atoms with Crippen LogP contribution in [0.25, 0.3) is 11.3 Å². The van der Waals surface area contributed by atoms with E-state index in [1.807, 2.05) is 6.07 Å². The Morgan fingerprint density at radius 2 is 2.04 bits per heavy atom. The lowest BCUT2D eigenvalue weighted by Gasteiger charge is -2.40. The highest BCUT2D eigenvalue weighted by atomic mass is 32.2. The Morgan fingerprint density at radius 1 is 1.33 bits per heavy atom. The Hall–Kier alpha value is -2.79. The number of nitrogens with two attached hydrogens (primary N) is 1. The zero-order chi connectivity index (χ0) is 20.0. The smallest absolute Gasteiger partial charge is 0.147 e. The number of hydrogen-bond acceptors (Lipinski definition) is 6. The molecule has 3 rings (SSSR count). The van der Waals surface area contributed by atoms with Crippen molar-refractivity contribution in [3.8, 4) is 17.3 Å². The molecular weight excluding hydrogens is 365 g/mol. The van der Waals surface area contributed by atoms with Gasteiger partial charge in [0.1, 0.15) is 29.0 Å². The highest BCUT2D eigenvalue weighted by Gasteiger charge is 2.46. The van der Waals surface area contributed by atoms with Crippen molar-refractivity contribution in [2.45, 2.75) is 31.1 Å². The number of amidine groups is 1. The number of rotatable bonds is 2. The summed E-state index contributed by atoms with van der Waals surface area (Å²) in [7, 11) is -2.69. The van der Waals surface area contributed by atoms with Crippen molar-refractivity contribution in [1.29, 1.82) is 5.26 Å². The van der Waals surface area contributed by atoms with Crippen LogP contribution in [0.4, 0.5) is 4.39 Å². The SMILES string of the molecule is C=S1(=O)C[C@@](C)(c2nc(-c3cncc(C#N)c3)ccc2F)N=C(N)C1(C)C. The van der Waals surface area contributed by atoms with Crippen LogP contribution in [0.3, 0.4) is 0 Å². The van der Waals surface area contributed by atoms with E-state index in [4.69, 9.17) is 11.0 Å². The zero-order valence-corrected chi connectivity index (χ0v) is 16.2. The first-order valence-corrected chi connectivity index (χ1v) is 10.1. The van der Waals surface area contributed by atoms with Crippen molar-refractivity contribution in [2.75, 3.05) is 5.75 Å². The minimum absolute atomic E-state index is 0.0254. The Morgan fingerprint density at radius 3 is 2.67 bits per heavy atom. The van der Waals surface area contributed by atoms with E-state index < -0.39 is 25.6 Å². The van der Waals surface area contributed by atoms with E-state index in [0.29, 0.717) is 16.8 Å². The van der Waals surface area contributed by atoms with Gasteiger partial charge in [0.05, 0.1) is 16.0 Å². The van der Waals surface area contributed by atoms with E-state index >= 15 is 0 Å². The summed E-state index contributed by atoms with van der Waals surface area (Å²) in [5.41, 5.74) is 6.28. The standard InChI is InChI=1S/C19H20FN5OS/c1-18(2)17(22)25-19(3,11-27(18,4)26)16-14(20)5-6-15(24-16)13-7-12(8-21)9-23-10-13/h5-7,9-10H,4,11H2,1-3H3,(H2,22,25)/t19-,27?/m0/s1. The molecule has 0 saturated carbocycles. The van der Waals surface area contributed by atoms with Crippen LogP contribution in [0, 0.1) is 17.1 Å². The first-order valence-electron chi connectivity index (χ1n) is 8.23. The normalized spacial score (nSPS) is 26.9. The van der Waals surface area contributed by atoms with E-state index in [1.165, 1.54) is 18.3 Å². The first kappa shape index (κ1) is 19.0. The number of hydrogen-bond donors (Lipinski definition) is 1. The van der Waals surface area contributed by atoms with Crippen molar-refractivity contribution in [2.24, 2.45) is 10.7 Å². The van der Waals surface area contributed by atoms with Gasteiger partial charge in [-0.15, -0.1) is 0 Å². The van der Waals surface area contributed by atoms with Gasteiger partial charge in [0, 0.05) is 23.7 Å². The predicted molar refractivity (Wildman–Crippen MR) is 105 cm³/mol. The fourth-order valence-corrected chi connectivity index (χ4v) is 4.90.